The van der Waals surface area contributed by atoms with Gasteiger partial charge in [-0.05, 0) is 88.5 Å². The average molecular weight is 529 g/mol. The van der Waals surface area contributed by atoms with Crippen molar-refractivity contribution in [1.29, 1.82) is 0 Å². The lowest BCUT2D eigenvalue weighted by Gasteiger charge is -2.34. The van der Waals surface area contributed by atoms with Gasteiger partial charge in [-0.3, -0.25) is 14.7 Å². The van der Waals surface area contributed by atoms with Crippen LogP contribution in [0.4, 0.5) is 5.82 Å². The number of carbonyl (C=O) groups is 1. The zero-order chi connectivity index (χ0) is 26.8. The van der Waals surface area contributed by atoms with Gasteiger partial charge in [-0.2, -0.15) is 0 Å². The fourth-order valence-corrected chi connectivity index (χ4v) is 6.44. The third-order valence-electron chi connectivity index (χ3n) is 8.97. The van der Waals surface area contributed by atoms with E-state index in [9.17, 15) is 4.79 Å². The molecule has 0 N–H and O–H groups in total. The van der Waals surface area contributed by atoms with Gasteiger partial charge in [-0.25, -0.2) is 9.97 Å². The molecule has 0 atom stereocenters. The van der Waals surface area contributed by atoms with Crippen molar-refractivity contribution >= 4 is 11.7 Å². The van der Waals surface area contributed by atoms with Crippen LogP contribution in [0.2, 0.25) is 0 Å². The number of ether oxygens (including phenoxy) is 1. The number of anilines is 1. The highest BCUT2D eigenvalue weighted by atomic mass is 16.5. The standard InChI is InChI=1S/C32H40N4O3/c1-21-29(38-2)15-14-27(34-21)23-10-8-22(9-11-23)19-36(32(37)25-6-4-3-5-7-25)30-18-26(16-17-33-30)28-20-39-31(35-28)24-12-13-24/h14-18,20,22-25H,3-13,19H2,1-2H3/t22-,23-. The molecule has 39 heavy (non-hydrogen) atoms. The minimum Gasteiger partial charge on any atom is -0.495 e. The number of hydrogen-bond donors (Lipinski definition) is 0. The number of oxazole rings is 1. The number of pyridine rings is 2. The second-order valence-corrected chi connectivity index (χ2v) is 11.8. The van der Waals surface area contributed by atoms with Gasteiger partial charge in [0.05, 0.1) is 12.8 Å². The molecule has 3 aliphatic carbocycles. The van der Waals surface area contributed by atoms with Gasteiger partial charge in [0.15, 0.2) is 5.89 Å². The molecule has 3 fully saturated rings. The number of hydrogen-bond acceptors (Lipinski definition) is 6. The highest BCUT2D eigenvalue weighted by Crippen LogP contribution is 2.41. The van der Waals surface area contributed by atoms with Crippen molar-refractivity contribution in [2.45, 2.75) is 89.4 Å². The summed E-state index contributed by atoms with van der Waals surface area (Å²) in [7, 11) is 1.69. The summed E-state index contributed by atoms with van der Waals surface area (Å²) in [6.07, 6.45) is 15.7. The number of carbonyl (C=O) groups excluding carboxylic acids is 1. The van der Waals surface area contributed by atoms with Crippen LogP contribution in [-0.2, 0) is 4.79 Å². The van der Waals surface area contributed by atoms with Crippen molar-refractivity contribution < 1.29 is 13.9 Å². The molecule has 0 radical (unpaired) electrons. The molecule has 3 aromatic heterocycles. The maximum Gasteiger partial charge on any atom is 0.231 e. The molecule has 7 nitrogen and oxygen atoms in total. The molecular weight excluding hydrogens is 488 g/mol. The monoisotopic (exact) mass is 528 g/mol. The minimum atomic E-state index is 0.0977. The summed E-state index contributed by atoms with van der Waals surface area (Å²) < 4.78 is 11.1. The maximum atomic E-state index is 13.9. The van der Waals surface area contributed by atoms with Gasteiger partial charge in [0, 0.05) is 41.8 Å². The maximum absolute atomic E-state index is 13.9. The number of aryl methyl sites for hydroxylation is 1. The molecule has 7 heteroatoms. The predicted octanol–water partition coefficient (Wildman–Crippen LogP) is 7.21. The summed E-state index contributed by atoms with van der Waals surface area (Å²) in [6, 6.07) is 8.15. The molecule has 206 valence electrons. The molecule has 3 heterocycles. The summed E-state index contributed by atoms with van der Waals surface area (Å²) in [5.74, 6) is 4.14. The van der Waals surface area contributed by atoms with E-state index in [1.54, 1.807) is 13.4 Å². The van der Waals surface area contributed by atoms with Gasteiger partial charge in [0.25, 0.3) is 0 Å². The van der Waals surface area contributed by atoms with Crippen molar-refractivity contribution in [1.82, 2.24) is 15.0 Å². The van der Waals surface area contributed by atoms with E-state index in [0.717, 1.165) is 111 Å². The van der Waals surface area contributed by atoms with E-state index >= 15 is 0 Å². The molecule has 0 spiro atoms. The lowest BCUT2D eigenvalue weighted by atomic mass is 9.79. The number of rotatable bonds is 8. The smallest absolute Gasteiger partial charge is 0.231 e. The Balaban J connectivity index is 1.19. The Hall–Kier alpha value is -3.22. The molecular formula is C32H40N4O3. The van der Waals surface area contributed by atoms with Crippen LogP contribution in [-0.4, -0.2) is 34.5 Å². The van der Waals surface area contributed by atoms with E-state index in [1.807, 2.05) is 36.2 Å². The summed E-state index contributed by atoms with van der Waals surface area (Å²) >= 11 is 0. The van der Waals surface area contributed by atoms with Crippen LogP contribution in [0.15, 0.2) is 41.1 Å². The first kappa shape index (κ1) is 26.0. The molecule has 6 rings (SSSR count). The summed E-state index contributed by atoms with van der Waals surface area (Å²) in [4.78, 5) is 30.2. The number of nitrogens with zero attached hydrogens (tertiary/aromatic N) is 4. The lowest BCUT2D eigenvalue weighted by molar-refractivity contribution is -0.123. The number of amides is 1. The summed E-state index contributed by atoms with van der Waals surface area (Å²) in [5, 5.41) is 0. The van der Waals surface area contributed by atoms with Gasteiger partial charge in [0.1, 0.15) is 23.5 Å². The van der Waals surface area contributed by atoms with E-state index in [0.29, 0.717) is 17.8 Å². The van der Waals surface area contributed by atoms with E-state index in [4.69, 9.17) is 24.1 Å². The zero-order valence-corrected chi connectivity index (χ0v) is 23.3. The third-order valence-corrected chi connectivity index (χ3v) is 8.97. The number of methoxy groups -OCH3 is 1. The lowest BCUT2D eigenvalue weighted by Crippen LogP contribution is -2.41. The first-order valence-electron chi connectivity index (χ1n) is 14.8. The first-order valence-corrected chi connectivity index (χ1v) is 14.8. The highest BCUT2D eigenvalue weighted by Gasteiger charge is 2.32. The van der Waals surface area contributed by atoms with Gasteiger partial charge < -0.3 is 9.15 Å². The Kier molecular flexibility index (Phi) is 7.67. The van der Waals surface area contributed by atoms with Crippen molar-refractivity contribution in [2.75, 3.05) is 18.6 Å². The Bertz CT molecular complexity index is 1290. The first-order chi connectivity index (χ1) is 19.1. The highest BCUT2D eigenvalue weighted by molar-refractivity contribution is 5.94. The van der Waals surface area contributed by atoms with Gasteiger partial charge in [-0.15, -0.1) is 0 Å². The second-order valence-electron chi connectivity index (χ2n) is 11.8. The Morgan fingerprint density at radius 3 is 2.46 bits per heavy atom. The Labute approximate surface area is 231 Å². The average Bonchev–Trinajstić information content (AvgIpc) is 3.72. The third kappa shape index (κ3) is 5.87. The summed E-state index contributed by atoms with van der Waals surface area (Å²) in [6.45, 7) is 2.73. The molecule has 3 aliphatic rings. The Morgan fingerprint density at radius 2 is 1.74 bits per heavy atom. The van der Waals surface area contributed by atoms with Crippen LogP contribution in [0.1, 0.15) is 99.7 Å². The fourth-order valence-electron chi connectivity index (χ4n) is 6.44. The molecule has 0 aromatic carbocycles. The predicted molar refractivity (Wildman–Crippen MR) is 151 cm³/mol. The van der Waals surface area contributed by atoms with Crippen LogP contribution in [0.5, 0.6) is 5.75 Å². The van der Waals surface area contributed by atoms with Gasteiger partial charge in [-0.1, -0.05) is 19.3 Å². The summed E-state index contributed by atoms with van der Waals surface area (Å²) in [5.41, 5.74) is 3.90. The molecule has 0 unspecified atom stereocenters. The molecule has 0 aliphatic heterocycles. The molecule has 3 saturated carbocycles. The van der Waals surface area contributed by atoms with Crippen LogP contribution < -0.4 is 9.64 Å². The van der Waals surface area contributed by atoms with Crippen LogP contribution in [0.25, 0.3) is 11.3 Å². The van der Waals surface area contributed by atoms with Gasteiger partial charge in [0.2, 0.25) is 5.91 Å². The van der Waals surface area contributed by atoms with Gasteiger partial charge >= 0.3 is 0 Å². The second kappa shape index (κ2) is 11.5. The van der Waals surface area contributed by atoms with Crippen molar-refractivity contribution in [3.8, 4) is 17.0 Å². The largest absolute Gasteiger partial charge is 0.495 e. The van der Waals surface area contributed by atoms with Crippen molar-refractivity contribution in [3.05, 3.63) is 54.0 Å². The van der Waals surface area contributed by atoms with E-state index in [1.165, 1.54) is 6.42 Å². The number of aromatic nitrogens is 3. The van der Waals surface area contributed by atoms with Crippen molar-refractivity contribution in [3.63, 3.8) is 0 Å². The molecule has 3 aromatic rings. The fraction of sp³-hybridized carbons (Fsp3) is 0.562. The Morgan fingerprint density at radius 1 is 0.974 bits per heavy atom. The van der Waals surface area contributed by atoms with E-state index in [2.05, 4.69) is 6.07 Å². The quantitative estimate of drug-likeness (QED) is 0.307. The molecule has 0 bridgehead atoms. The molecule has 0 saturated heterocycles. The van der Waals surface area contributed by atoms with Crippen LogP contribution in [0.3, 0.4) is 0 Å². The van der Waals surface area contributed by atoms with Crippen molar-refractivity contribution in [2.24, 2.45) is 11.8 Å². The molecule has 1 amide bonds. The normalized spacial score (nSPS) is 22.0. The van der Waals surface area contributed by atoms with E-state index in [-0.39, 0.29) is 11.8 Å². The minimum absolute atomic E-state index is 0.0977. The van der Waals surface area contributed by atoms with Crippen LogP contribution >= 0.6 is 0 Å². The SMILES string of the molecule is COc1ccc([C@H]2CC[C@H](CN(C(=O)C3CCCCC3)c3cc(-c4coc(C5CC5)n4)ccn3)CC2)nc1C. The van der Waals surface area contributed by atoms with Crippen LogP contribution in [0, 0.1) is 18.8 Å². The van der Waals surface area contributed by atoms with E-state index < -0.39 is 0 Å². The topological polar surface area (TPSA) is 81.4 Å². The zero-order valence-electron chi connectivity index (χ0n) is 23.3.